The van der Waals surface area contributed by atoms with Crippen LogP contribution in [0.25, 0.3) is 0 Å². The Morgan fingerprint density at radius 2 is 2.28 bits per heavy atom. The fourth-order valence-corrected chi connectivity index (χ4v) is 1.60. The molecule has 0 atom stereocenters. The number of nitrogens with two attached hydrogens (primary N) is 1. The zero-order valence-electron chi connectivity index (χ0n) is 10.0. The number of carbonyl (C=O) groups is 1. The van der Waals surface area contributed by atoms with E-state index in [0.29, 0.717) is 11.4 Å². The molecule has 0 aromatic rings. The molecule has 2 rings (SSSR count). The Kier molecular flexibility index (Phi) is 3.46. The largest absolute Gasteiger partial charge is 0.383 e. The number of hydrogen-bond donors (Lipinski definition) is 3. The van der Waals surface area contributed by atoms with Gasteiger partial charge in [-0.2, -0.15) is 0 Å². The van der Waals surface area contributed by atoms with Gasteiger partial charge in [-0.15, -0.1) is 5.73 Å². The summed E-state index contributed by atoms with van der Waals surface area (Å²) in [6.07, 6.45) is 8.88. The van der Waals surface area contributed by atoms with Gasteiger partial charge < -0.3 is 16.4 Å². The fraction of sp³-hybridized carbons (Fsp3) is 0.154. The van der Waals surface area contributed by atoms with Crippen LogP contribution in [-0.4, -0.2) is 18.2 Å². The molecule has 4 N–H and O–H groups in total. The lowest BCUT2D eigenvalue weighted by Crippen LogP contribution is -2.29. The summed E-state index contributed by atoms with van der Waals surface area (Å²) in [5, 5.41) is 6.10. The highest BCUT2D eigenvalue weighted by Gasteiger charge is 2.24. The van der Waals surface area contributed by atoms with Crippen molar-refractivity contribution in [3.05, 3.63) is 53.3 Å². The standard InChI is InChI=1S/C13H14N4O/c1-9-6-4-2-3-5-7-15-13(17-9)11-10(18)8-16-12(11)14/h3-7,15,17H,8H2,1H3,(H2,14,16)/b7-5+,9-6+,13-11+. The summed E-state index contributed by atoms with van der Waals surface area (Å²) >= 11 is 0. The zero-order chi connectivity index (χ0) is 13.0. The highest BCUT2D eigenvalue weighted by molar-refractivity contribution is 6.25. The first-order valence-corrected chi connectivity index (χ1v) is 5.54. The van der Waals surface area contributed by atoms with Crippen LogP contribution in [0.3, 0.4) is 0 Å². The molecule has 0 aromatic carbocycles. The molecule has 0 amide bonds. The molecule has 92 valence electrons. The molecular formula is C13H14N4O. The first-order valence-electron chi connectivity index (χ1n) is 5.54. The molecule has 0 fully saturated rings. The second-order valence-electron chi connectivity index (χ2n) is 3.85. The Bertz CT molecular complexity index is 558. The molecule has 0 saturated carbocycles. The van der Waals surface area contributed by atoms with Crippen LogP contribution in [0.5, 0.6) is 0 Å². The van der Waals surface area contributed by atoms with Crippen LogP contribution in [0, 0.1) is 0 Å². The number of hydrogen-bond acceptors (Lipinski definition) is 5. The van der Waals surface area contributed by atoms with Gasteiger partial charge >= 0.3 is 0 Å². The van der Waals surface area contributed by atoms with Crippen LogP contribution in [0.2, 0.25) is 0 Å². The Balaban J connectivity index is 2.41. The van der Waals surface area contributed by atoms with Gasteiger partial charge in [0.15, 0.2) is 5.78 Å². The third kappa shape index (κ3) is 2.59. The van der Waals surface area contributed by atoms with E-state index in [1.807, 2.05) is 13.0 Å². The van der Waals surface area contributed by atoms with Crippen molar-refractivity contribution < 1.29 is 4.79 Å². The van der Waals surface area contributed by atoms with E-state index in [-0.39, 0.29) is 18.2 Å². The number of Topliss-reactive ketones (excluding diaryl/α,β-unsaturated/α-hetero) is 1. The number of ketones is 1. The van der Waals surface area contributed by atoms with Crippen LogP contribution in [-0.2, 0) is 4.79 Å². The number of allylic oxidation sites excluding steroid dienone is 4. The summed E-state index contributed by atoms with van der Waals surface area (Å²) in [5.41, 5.74) is 9.96. The van der Waals surface area contributed by atoms with Gasteiger partial charge in [0.1, 0.15) is 23.8 Å². The van der Waals surface area contributed by atoms with Crippen molar-refractivity contribution in [2.75, 3.05) is 6.54 Å². The number of aliphatic imine (C=N–C) groups is 1. The normalized spacial score (nSPS) is 27.9. The minimum Gasteiger partial charge on any atom is -0.383 e. The van der Waals surface area contributed by atoms with Crippen molar-refractivity contribution >= 4 is 11.6 Å². The molecule has 0 bridgehead atoms. The number of rotatable bonds is 0. The topological polar surface area (TPSA) is 79.5 Å². The molecular weight excluding hydrogens is 228 g/mol. The molecule has 0 unspecified atom stereocenters. The van der Waals surface area contributed by atoms with Crippen molar-refractivity contribution in [1.29, 1.82) is 0 Å². The van der Waals surface area contributed by atoms with E-state index in [1.165, 1.54) is 0 Å². The lowest BCUT2D eigenvalue weighted by Gasteiger charge is -2.14. The molecule has 5 heteroatoms. The summed E-state index contributed by atoms with van der Waals surface area (Å²) < 4.78 is 0. The Labute approximate surface area is 105 Å². The second-order valence-corrected chi connectivity index (χ2v) is 3.85. The second kappa shape index (κ2) is 5.21. The maximum absolute atomic E-state index is 11.7. The van der Waals surface area contributed by atoms with Gasteiger partial charge in [-0.25, -0.2) is 0 Å². The van der Waals surface area contributed by atoms with E-state index in [1.54, 1.807) is 24.4 Å². The monoisotopic (exact) mass is 242 g/mol. The summed E-state index contributed by atoms with van der Waals surface area (Å²) in [7, 11) is 0. The maximum Gasteiger partial charge on any atom is 0.191 e. The lowest BCUT2D eigenvalue weighted by molar-refractivity contribution is -0.113. The summed E-state index contributed by atoms with van der Waals surface area (Å²) in [4.78, 5) is 15.7. The van der Waals surface area contributed by atoms with E-state index in [2.05, 4.69) is 21.4 Å². The smallest absolute Gasteiger partial charge is 0.191 e. The molecule has 0 radical (unpaired) electrons. The van der Waals surface area contributed by atoms with E-state index in [0.717, 1.165) is 5.70 Å². The maximum atomic E-state index is 11.7. The van der Waals surface area contributed by atoms with E-state index in [9.17, 15) is 4.79 Å². The van der Waals surface area contributed by atoms with Crippen LogP contribution in [0.4, 0.5) is 0 Å². The molecule has 18 heavy (non-hydrogen) atoms. The number of amidine groups is 1. The van der Waals surface area contributed by atoms with Crippen molar-refractivity contribution in [2.24, 2.45) is 10.7 Å². The van der Waals surface area contributed by atoms with Gasteiger partial charge in [0.25, 0.3) is 0 Å². The molecule has 2 aliphatic heterocycles. The first kappa shape index (κ1) is 12.0. The Morgan fingerprint density at radius 1 is 1.44 bits per heavy atom. The average Bonchev–Trinajstić information content (AvgIpc) is 2.67. The van der Waals surface area contributed by atoms with Crippen molar-refractivity contribution in [2.45, 2.75) is 6.92 Å². The van der Waals surface area contributed by atoms with Gasteiger partial charge in [0.05, 0.1) is 0 Å². The molecule has 0 spiro atoms. The minimum absolute atomic E-state index is 0.0909. The van der Waals surface area contributed by atoms with Crippen molar-refractivity contribution in [3.8, 4) is 0 Å². The summed E-state index contributed by atoms with van der Waals surface area (Å²) in [5.74, 6) is 0.721. The quantitative estimate of drug-likeness (QED) is 0.426. The van der Waals surface area contributed by atoms with Gasteiger partial charge in [-0.1, -0.05) is 0 Å². The van der Waals surface area contributed by atoms with E-state index >= 15 is 0 Å². The highest BCUT2D eigenvalue weighted by atomic mass is 16.1. The van der Waals surface area contributed by atoms with Crippen molar-refractivity contribution in [1.82, 2.24) is 10.6 Å². The average molecular weight is 242 g/mol. The third-order valence-corrected chi connectivity index (χ3v) is 2.45. The number of nitrogens with one attached hydrogen (secondary N) is 2. The molecule has 0 saturated heterocycles. The predicted octanol–water partition coefficient (Wildman–Crippen LogP) is 0.460. The Hall–Kier alpha value is -2.52. The summed E-state index contributed by atoms with van der Waals surface area (Å²) in [6, 6.07) is 0. The lowest BCUT2D eigenvalue weighted by atomic mass is 10.2. The number of carbonyl (C=O) groups excluding carboxylic acids is 1. The van der Waals surface area contributed by atoms with Gasteiger partial charge in [0.2, 0.25) is 0 Å². The Morgan fingerprint density at radius 3 is 3.00 bits per heavy atom. The predicted molar refractivity (Wildman–Crippen MR) is 70.3 cm³/mol. The minimum atomic E-state index is -0.0909. The first-order chi connectivity index (χ1) is 8.68. The van der Waals surface area contributed by atoms with Crippen LogP contribution in [0.1, 0.15) is 6.92 Å². The van der Waals surface area contributed by atoms with Gasteiger partial charge in [-0.3, -0.25) is 9.79 Å². The summed E-state index contributed by atoms with van der Waals surface area (Å²) in [6.45, 7) is 2.00. The van der Waals surface area contributed by atoms with Gasteiger partial charge in [-0.05, 0) is 31.2 Å². The molecule has 5 nitrogen and oxygen atoms in total. The van der Waals surface area contributed by atoms with Crippen LogP contribution < -0.4 is 16.4 Å². The zero-order valence-corrected chi connectivity index (χ0v) is 10.0. The molecule has 0 aromatic heterocycles. The van der Waals surface area contributed by atoms with E-state index < -0.39 is 0 Å². The molecule has 2 aliphatic rings. The highest BCUT2D eigenvalue weighted by Crippen LogP contribution is 2.10. The van der Waals surface area contributed by atoms with Gasteiger partial charge in [0, 0.05) is 11.9 Å². The number of nitrogens with zero attached hydrogens (tertiary/aromatic N) is 1. The van der Waals surface area contributed by atoms with E-state index in [4.69, 9.17) is 5.73 Å². The molecule has 2 heterocycles. The SMILES string of the molecule is C/C1=C\C=C=C/C=C/N/C(=C2/C(=O)CN=C2N)N1. The fourth-order valence-electron chi connectivity index (χ4n) is 1.60. The van der Waals surface area contributed by atoms with Crippen molar-refractivity contribution in [3.63, 3.8) is 0 Å². The molecule has 0 aliphatic carbocycles. The van der Waals surface area contributed by atoms with Crippen LogP contribution in [0.15, 0.2) is 58.3 Å². The third-order valence-electron chi connectivity index (χ3n) is 2.45. The van der Waals surface area contributed by atoms with Crippen LogP contribution >= 0.6 is 0 Å².